The Kier molecular flexibility index (Phi) is 7.11. The second-order valence-corrected chi connectivity index (χ2v) is 5.35. The lowest BCUT2D eigenvalue weighted by atomic mass is 9.94. The van der Waals surface area contributed by atoms with Gasteiger partial charge in [0.15, 0.2) is 0 Å². The highest BCUT2D eigenvalue weighted by molar-refractivity contribution is 5.82. The van der Waals surface area contributed by atoms with Crippen LogP contribution < -0.4 is 5.32 Å². The van der Waals surface area contributed by atoms with Crippen molar-refractivity contribution in [1.29, 1.82) is 0 Å². The molecule has 0 aromatic rings. The summed E-state index contributed by atoms with van der Waals surface area (Å²) in [6, 6.07) is 0. The average Bonchev–Trinajstić information content (AvgIpc) is 2.30. The third-order valence-corrected chi connectivity index (χ3v) is 2.50. The van der Waals surface area contributed by atoms with Gasteiger partial charge in [0.25, 0.3) is 0 Å². The van der Waals surface area contributed by atoms with Crippen LogP contribution in [0.2, 0.25) is 0 Å². The van der Waals surface area contributed by atoms with Crippen molar-refractivity contribution in [3.05, 3.63) is 0 Å². The fourth-order valence-corrected chi connectivity index (χ4v) is 1.48. The quantitative estimate of drug-likeness (QED) is 0.717. The summed E-state index contributed by atoms with van der Waals surface area (Å²) in [5.74, 6) is -0.552. The van der Waals surface area contributed by atoms with Crippen LogP contribution in [-0.4, -0.2) is 49.4 Å². The van der Waals surface area contributed by atoms with Crippen LogP contribution in [0.25, 0.3) is 0 Å². The summed E-state index contributed by atoms with van der Waals surface area (Å²) in [4.78, 5) is 35.7. The minimum Gasteiger partial charge on any atom is -0.469 e. The van der Waals surface area contributed by atoms with E-state index in [1.54, 1.807) is 4.90 Å². The van der Waals surface area contributed by atoms with E-state index >= 15 is 0 Å². The predicted molar refractivity (Wildman–Crippen MR) is 71.4 cm³/mol. The number of ether oxygens (including phenoxy) is 1. The average molecular weight is 272 g/mol. The zero-order valence-corrected chi connectivity index (χ0v) is 12.4. The monoisotopic (exact) mass is 272 g/mol. The first-order valence-corrected chi connectivity index (χ1v) is 6.29. The van der Waals surface area contributed by atoms with Gasteiger partial charge in [-0.25, -0.2) is 0 Å². The minimum absolute atomic E-state index is 0.0539. The standard InChI is InChI=1S/C13H24N2O4/c1-10(16)14-7-9-15(8-6-11(17)19-5)12(18)13(2,3)4/h6-9H2,1-5H3,(H,14,16). The van der Waals surface area contributed by atoms with Crippen molar-refractivity contribution in [2.75, 3.05) is 26.7 Å². The molecule has 0 spiro atoms. The molecule has 0 radical (unpaired) electrons. The molecule has 0 saturated heterocycles. The molecule has 0 heterocycles. The lowest BCUT2D eigenvalue weighted by molar-refractivity contribution is -0.144. The number of hydrogen-bond donors (Lipinski definition) is 1. The van der Waals surface area contributed by atoms with Crippen molar-refractivity contribution >= 4 is 17.8 Å². The molecule has 0 fully saturated rings. The van der Waals surface area contributed by atoms with E-state index in [4.69, 9.17) is 0 Å². The Morgan fingerprint density at radius 1 is 1.16 bits per heavy atom. The zero-order chi connectivity index (χ0) is 15.1. The molecule has 0 aromatic carbocycles. The molecule has 0 rings (SSSR count). The third kappa shape index (κ3) is 7.43. The molecule has 0 aliphatic rings. The maximum Gasteiger partial charge on any atom is 0.307 e. The highest BCUT2D eigenvalue weighted by Crippen LogP contribution is 2.17. The van der Waals surface area contributed by atoms with Crippen LogP contribution in [0.4, 0.5) is 0 Å². The second kappa shape index (κ2) is 7.76. The van der Waals surface area contributed by atoms with Crippen LogP contribution in [0.5, 0.6) is 0 Å². The lowest BCUT2D eigenvalue weighted by Crippen LogP contribution is -2.44. The van der Waals surface area contributed by atoms with E-state index in [2.05, 4.69) is 10.1 Å². The molecule has 0 aromatic heterocycles. The lowest BCUT2D eigenvalue weighted by Gasteiger charge is -2.29. The summed E-state index contributed by atoms with van der Waals surface area (Å²) in [6.45, 7) is 7.92. The van der Waals surface area contributed by atoms with Gasteiger partial charge < -0.3 is 15.0 Å². The second-order valence-electron chi connectivity index (χ2n) is 5.35. The molecule has 6 heteroatoms. The number of nitrogens with one attached hydrogen (secondary N) is 1. The number of nitrogens with zero attached hydrogens (tertiary/aromatic N) is 1. The van der Waals surface area contributed by atoms with Crippen molar-refractivity contribution in [3.63, 3.8) is 0 Å². The molecule has 0 bridgehead atoms. The van der Waals surface area contributed by atoms with Crippen molar-refractivity contribution < 1.29 is 19.1 Å². The van der Waals surface area contributed by atoms with Crippen LogP contribution in [0.3, 0.4) is 0 Å². The number of rotatable bonds is 6. The Balaban J connectivity index is 4.50. The van der Waals surface area contributed by atoms with Crippen LogP contribution in [0.1, 0.15) is 34.1 Å². The number of esters is 1. The normalized spacial score (nSPS) is 10.8. The van der Waals surface area contributed by atoms with Gasteiger partial charge in [0.2, 0.25) is 11.8 Å². The van der Waals surface area contributed by atoms with Gasteiger partial charge in [0.1, 0.15) is 0 Å². The van der Waals surface area contributed by atoms with Gasteiger partial charge in [-0.15, -0.1) is 0 Å². The van der Waals surface area contributed by atoms with Crippen molar-refractivity contribution in [2.24, 2.45) is 5.41 Å². The van der Waals surface area contributed by atoms with Gasteiger partial charge in [0.05, 0.1) is 13.5 Å². The highest BCUT2D eigenvalue weighted by atomic mass is 16.5. The van der Waals surface area contributed by atoms with E-state index in [1.165, 1.54) is 14.0 Å². The number of carbonyl (C=O) groups excluding carboxylic acids is 3. The van der Waals surface area contributed by atoms with Crippen molar-refractivity contribution in [1.82, 2.24) is 10.2 Å². The summed E-state index contributed by atoms with van der Waals surface area (Å²) >= 11 is 0. The molecule has 0 aliphatic carbocycles. The Hall–Kier alpha value is -1.59. The Morgan fingerprint density at radius 2 is 1.74 bits per heavy atom. The van der Waals surface area contributed by atoms with Gasteiger partial charge >= 0.3 is 5.97 Å². The smallest absolute Gasteiger partial charge is 0.307 e. The van der Waals surface area contributed by atoms with Gasteiger partial charge in [0, 0.05) is 32.0 Å². The summed E-state index contributed by atoms with van der Waals surface area (Å²) < 4.78 is 4.56. The fraction of sp³-hybridized carbons (Fsp3) is 0.769. The first-order valence-electron chi connectivity index (χ1n) is 6.29. The number of carbonyl (C=O) groups is 3. The fourth-order valence-electron chi connectivity index (χ4n) is 1.48. The SMILES string of the molecule is COC(=O)CCN(CCNC(C)=O)C(=O)C(C)(C)C. The number of hydrogen-bond acceptors (Lipinski definition) is 4. The van der Waals surface area contributed by atoms with E-state index in [0.29, 0.717) is 19.6 Å². The third-order valence-electron chi connectivity index (χ3n) is 2.50. The largest absolute Gasteiger partial charge is 0.469 e. The molecule has 0 atom stereocenters. The number of amides is 2. The maximum atomic E-state index is 12.2. The first kappa shape index (κ1) is 17.4. The van der Waals surface area contributed by atoms with Crippen LogP contribution in [-0.2, 0) is 19.1 Å². The predicted octanol–water partition coefficient (Wildman–Crippen LogP) is 0.560. The minimum atomic E-state index is -0.521. The summed E-state index contributed by atoms with van der Waals surface area (Å²) in [5, 5.41) is 2.63. The topological polar surface area (TPSA) is 75.7 Å². The molecule has 2 amide bonds. The molecular weight excluding hydrogens is 248 g/mol. The van der Waals surface area contributed by atoms with Crippen LogP contribution in [0, 0.1) is 5.41 Å². The summed E-state index contributed by atoms with van der Waals surface area (Å²) in [7, 11) is 1.32. The van der Waals surface area contributed by atoms with Crippen LogP contribution in [0.15, 0.2) is 0 Å². The van der Waals surface area contributed by atoms with Gasteiger partial charge in [-0.1, -0.05) is 20.8 Å². The van der Waals surface area contributed by atoms with Gasteiger partial charge in [-0.05, 0) is 0 Å². The van der Waals surface area contributed by atoms with Gasteiger partial charge in [-0.2, -0.15) is 0 Å². The van der Waals surface area contributed by atoms with E-state index in [-0.39, 0.29) is 24.2 Å². The highest BCUT2D eigenvalue weighted by Gasteiger charge is 2.27. The van der Waals surface area contributed by atoms with E-state index < -0.39 is 5.41 Å². The molecule has 110 valence electrons. The molecule has 0 aliphatic heterocycles. The molecule has 0 unspecified atom stereocenters. The molecule has 19 heavy (non-hydrogen) atoms. The maximum absolute atomic E-state index is 12.2. The Labute approximate surface area is 114 Å². The first-order chi connectivity index (χ1) is 8.68. The van der Waals surface area contributed by atoms with E-state index in [9.17, 15) is 14.4 Å². The van der Waals surface area contributed by atoms with Crippen molar-refractivity contribution in [3.8, 4) is 0 Å². The van der Waals surface area contributed by atoms with E-state index in [1.807, 2.05) is 20.8 Å². The van der Waals surface area contributed by atoms with Crippen LogP contribution >= 0.6 is 0 Å². The molecule has 6 nitrogen and oxygen atoms in total. The Morgan fingerprint density at radius 3 is 2.16 bits per heavy atom. The Bertz CT molecular complexity index is 334. The van der Waals surface area contributed by atoms with Crippen molar-refractivity contribution in [2.45, 2.75) is 34.1 Å². The molecule has 1 N–H and O–H groups in total. The molecule has 0 saturated carbocycles. The summed E-state index contributed by atoms with van der Waals surface area (Å²) in [5.41, 5.74) is -0.521. The zero-order valence-electron chi connectivity index (χ0n) is 12.4. The molecular formula is C13H24N2O4. The number of methoxy groups -OCH3 is 1. The summed E-state index contributed by atoms with van der Waals surface area (Å²) in [6.07, 6.45) is 0.151. The van der Waals surface area contributed by atoms with Gasteiger partial charge in [-0.3, -0.25) is 14.4 Å². The van der Waals surface area contributed by atoms with E-state index in [0.717, 1.165) is 0 Å².